The van der Waals surface area contributed by atoms with Crippen molar-refractivity contribution in [1.82, 2.24) is 5.32 Å². The molecule has 0 heterocycles. The fourth-order valence-electron chi connectivity index (χ4n) is 1.36. The Balaban J connectivity index is 2.64. The molecule has 17 heavy (non-hydrogen) atoms. The van der Waals surface area contributed by atoms with Crippen molar-refractivity contribution in [3.8, 4) is 5.75 Å². The maximum absolute atomic E-state index is 9.65. The SMILES string of the molecule is CC(C)NCc1ccccc1OCC(C)(C)O. The third-order valence-electron chi connectivity index (χ3n) is 2.25. The van der Waals surface area contributed by atoms with Crippen molar-refractivity contribution in [3.63, 3.8) is 0 Å². The van der Waals surface area contributed by atoms with E-state index in [2.05, 4.69) is 19.2 Å². The normalized spacial score (nSPS) is 11.9. The second-order valence-corrected chi connectivity index (χ2v) is 5.24. The maximum atomic E-state index is 9.65. The Morgan fingerprint density at radius 1 is 1.29 bits per heavy atom. The zero-order chi connectivity index (χ0) is 12.9. The number of benzene rings is 1. The Morgan fingerprint density at radius 3 is 2.53 bits per heavy atom. The van der Waals surface area contributed by atoms with Gasteiger partial charge in [0.1, 0.15) is 12.4 Å². The lowest BCUT2D eigenvalue weighted by molar-refractivity contribution is 0.0281. The van der Waals surface area contributed by atoms with Crippen LogP contribution < -0.4 is 10.1 Å². The Kier molecular flexibility index (Phi) is 4.97. The summed E-state index contributed by atoms with van der Waals surface area (Å²) in [4.78, 5) is 0. The summed E-state index contributed by atoms with van der Waals surface area (Å²) in [6.45, 7) is 8.77. The lowest BCUT2D eigenvalue weighted by Crippen LogP contribution is -2.28. The fourth-order valence-corrected chi connectivity index (χ4v) is 1.36. The van der Waals surface area contributed by atoms with Crippen molar-refractivity contribution in [1.29, 1.82) is 0 Å². The van der Waals surface area contributed by atoms with Crippen LogP contribution in [0.5, 0.6) is 5.75 Å². The molecule has 0 spiro atoms. The number of rotatable bonds is 6. The highest BCUT2D eigenvalue weighted by molar-refractivity contribution is 5.33. The minimum absolute atomic E-state index is 0.297. The predicted octanol–water partition coefficient (Wildman–Crippen LogP) is 2.33. The average Bonchev–Trinajstić information content (AvgIpc) is 2.23. The standard InChI is InChI=1S/C14H23NO2/c1-11(2)15-9-12-7-5-6-8-13(12)17-10-14(3,4)16/h5-8,11,15-16H,9-10H2,1-4H3. The molecular formula is C14H23NO2. The van der Waals surface area contributed by atoms with Crippen LogP contribution in [0.3, 0.4) is 0 Å². The van der Waals surface area contributed by atoms with Gasteiger partial charge in [0.2, 0.25) is 0 Å². The molecule has 1 rings (SSSR count). The molecule has 0 radical (unpaired) electrons. The molecule has 3 heteroatoms. The van der Waals surface area contributed by atoms with E-state index in [0.717, 1.165) is 17.9 Å². The smallest absolute Gasteiger partial charge is 0.123 e. The van der Waals surface area contributed by atoms with Crippen molar-refractivity contribution in [2.24, 2.45) is 0 Å². The highest BCUT2D eigenvalue weighted by Crippen LogP contribution is 2.19. The summed E-state index contributed by atoms with van der Waals surface area (Å²) in [5.41, 5.74) is 0.309. The monoisotopic (exact) mass is 237 g/mol. The second-order valence-electron chi connectivity index (χ2n) is 5.24. The van der Waals surface area contributed by atoms with Crippen LogP contribution in [0.2, 0.25) is 0 Å². The summed E-state index contributed by atoms with van der Waals surface area (Å²) < 4.78 is 5.64. The van der Waals surface area contributed by atoms with Crippen LogP contribution in [-0.4, -0.2) is 23.4 Å². The summed E-state index contributed by atoms with van der Waals surface area (Å²) in [6, 6.07) is 8.35. The summed E-state index contributed by atoms with van der Waals surface area (Å²) in [6.07, 6.45) is 0. The summed E-state index contributed by atoms with van der Waals surface area (Å²) in [7, 11) is 0. The van der Waals surface area contributed by atoms with Crippen LogP contribution >= 0.6 is 0 Å². The Bertz CT molecular complexity index is 342. The molecule has 0 aliphatic carbocycles. The number of hydrogen-bond donors (Lipinski definition) is 2. The Morgan fingerprint density at radius 2 is 1.94 bits per heavy atom. The van der Waals surface area contributed by atoms with Crippen molar-refractivity contribution in [2.45, 2.75) is 45.9 Å². The lowest BCUT2D eigenvalue weighted by atomic mass is 10.1. The third-order valence-corrected chi connectivity index (χ3v) is 2.25. The molecule has 0 fully saturated rings. The molecule has 0 amide bonds. The molecular weight excluding hydrogens is 214 g/mol. The zero-order valence-corrected chi connectivity index (χ0v) is 11.2. The van der Waals surface area contributed by atoms with Crippen molar-refractivity contribution < 1.29 is 9.84 Å². The molecule has 1 aromatic rings. The van der Waals surface area contributed by atoms with E-state index in [4.69, 9.17) is 4.74 Å². The quantitative estimate of drug-likeness (QED) is 0.798. The molecule has 3 nitrogen and oxygen atoms in total. The second kappa shape index (κ2) is 6.03. The van der Waals surface area contributed by atoms with E-state index >= 15 is 0 Å². The van der Waals surface area contributed by atoms with E-state index in [1.807, 2.05) is 24.3 Å². The van der Waals surface area contributed by atoms with Gasteiger partial charge in [0, 0.05) is 18.2 Å². The van der Waals surface area contributed by atoms with Gasteiger partial charge in [-0.1, -0.05) is 32.0 Å². The van der Waals surface area contributed by atoms with Gasteiger partial charge in [-0.15, -0.1) is 0 Å². The van der Waals surface area contributed by atoms with Crippen LogP contribution in [-0.2, 0) is 6.54 Å². The summed E-state index contributed by atoms with van der Waals surface area (Å²) in [5, 5.41) is 13.0. The van der Waals surface area contributed by atoms with Gasteiger partial charge in [0.05, 0.1) is 5.60 Å². The van der Waals surface area contributed by atoms with Crippen LogP contribution in [0.25, 0.3) is 0 Å². The number of ether oxygens (including phenoxy) is 1. The first-order chi connectivity index (χ1) is 7.88. The zero-order valence-electron chi connectivity index (χ0n) is 11.2. The first-order valence-corrected chi connectivity index (χ1v) is 6.05. The highest BCUT2D eigenvalue weighted by Gasteiger charge is 2.14. The molecule has 0 atom stereocenters. The largest absolute Gasteiger partial charge is 0.490 e. The van der Waals surface area contributed by atoms with E-state index in [9.17, 15) is 5.11 Å². The summed E-state index contributed by atoms with van der Waals surface area (Å²) in [5.74, 6) is 0.836. The molecule has 0 saturated heterocycles. The molecule has 0 aliphatic rings. The van der Waals surface area contributed by atoms with E-state index < -0.39 is 5.60 Å². The highest BCUT2D eigenvalue weighted by atomic mass is 16.5. The van der Waals surface area contributed by atoms with E-state index in [1.165, 1.54) is 0 Å². The molecule has 1 aromatic carbocycles. The molecule has 0 bridgehead atoms. The first-order valence-electron chi connectivity index (χ1n) is 6.05. The minimum Gasteiger partial charge on any atom is -0.490 e. The van der Waals surface area contributed by atoms with Gasteiger partial charge in [-0.25, -0.2) is 0 Å². The first kappa shape index (κ1) is 14.0. The van der Waals surface area contributed by atoms with Crippen molar-refractivity contribution >= 4 is 0 Å². The molecule has 96 valence electrons. The van der Waals surface area contributed by atoms with Gasteiger partial charge < -0.3 is 15.2 Å². The van der Waals surface area contributed by atoms with E-state index in [0.29, 0.717) is 12.6 Å². The van der Waals surface area contributed by atoms with Gasteiger partial charge >= 0.3 is 0 Å². The number of aliphatic hydroxyl groups is 1. The van der Waals surface area contributed by atoms with Crippen LogP contribution in [0.15, 0.2) is 24.3 Å². The van der Waals surface area contributed by atoms with Crippen LogP contribution in [0.4, 0.5) is 0 Å². The topological polar surface area (TPSA) is 41.5 Å². The van der Waals surface area contributed by atoms with Crippen molar-refractivity contribution in [2.75, 3.05) is 6.61 Å². The van der Waals surface area contributed by atoms with Gasteiger partial charge in [-0.3, -0.25) is 0 Å². The molecule has 0 unspecified atom stereocenters. The van der Waals surface area contributed by atoms with Gasteiger partial charge in [0.25, 0.3) is 0 Å². The van der Waals surface area contributed by atoms with Gasteiger partial charge in [-0.2, -0.15) is 0 Å². The predicted molar refractivity (Wildman–Crippen MR) is 70.2 cm³/mol. The number of hydrogen-bond acceptors (Lipinski definition) is 3. The van der Waals surface area contributed by atoms with E-state index in [1.54, 1.807) is 13.8 Å². The van der Waals surface area contributed by atoms with Crippen molar-refractivity contribution in [3.05, 3.63) is 29.8 Å². The molecule has 0 aromatic heterocycles. The fraction of sp³-hybridized carbons (Fsp3) is 0.571. The lowest BCUT2D eigenvalue weighted by Gasteiger charge is -2.20. The minimum atomic E-state index is -0.807. The Hall–Kier alpha value is -1.06. The molecule has 0 aliphatic heterocycles. The molecule has 0 saturated carbocycles. The Labute approximate surface area is 104 Å². The summed E-state index contributed by atoms with van der Waals surface area (Å²) >= 11 is 0. The van der Waals surface area contributed by atoms with E-state index in [-0.39, 0.29) is 0 Å². The van der Waals surface area contributed by atoms with Crippen LogP contribution in [0, 0.1) is 0 Å². The van der Waals surface area contributed by atoms with Gasteiger partial charge in [-0.05, 0) is 19.9 Å². The number of nitrogens with one attached hydrogen (secondary N) is 1. The average molecular weight is 237 g/mol. The maximum Gasteiger partial charge on any atom is 0.123 e. The molecule has 2 N–H and O–H groups in total. The van der Waals surface area contributed by atoms with Crippen LogP contribution in [0.1, 0.15) is 33.3 Å². The number of para-hydroxylation sites is 1. The van der Waals surface area contributed by atoms with Gasteiger partial charge in [0.15, 0.2) is 0 Å². The third kappa shape index (κ3) is 5.71.